The minimum absolute atomic E-state index is 0.0365. The van der Waals surface area contributed by atoms with Crippen molar-refractivity contribution in [3.8, 4) is 0 Å². The van der Waals surface area contributed by atoms with E-state index in [-0.39, 0.29) is 24.5 Å². The third-order valence-electron chi connectivity index (χ3n) is 3.67. The van der Waals surface area contributed by atoms with Gasteiger partial charge in [-0.25, -0.2) is 0 Å². The van der Waals surface area contributed by atoms with E-state index in [0.717, 1.165) is 19.3 Å². The number of hydrogen-bond donors (Lipinski definition) is 2. The van der Waals surface area contributed by atoms with Crippen LogP contribution in [0.3, 0.4) is 0 Å². The number of amides is 1. The van der Waals surface area contributed by atoms with Gasteiger partial charge in [0.15, 0.2) is 0 Å². The standard InChI is InChI=1S/C12H24N2O2/c1-3-14(6-7-15)12(16)10-5-4-9(2)11(13)8-10/h9-11,15H,3-8,13H2,1-2H3. The highest BCUT2D eigenvalue weighted by molar-refractivity contribution is 5.79. The first kappa shape index (κ1) is 13.5. The highest BCUT2D eigenvalue weighted by Crippen LogP contribution is 2.28. The van der Waals surface area contributed by atoms with E-state index < -0.39 is 0 Å². The molecule has 0 radical (unpaired) electrons. The number of aliphatic hydroxyl groups excluding tert-OH is 1. The first-order valence-corrected chi connectivity index (χ1v) is 6.25. The predicted molar refractivity (Wildman–Crippen MR) is 63.8 cm³/mol. The van der Waals surface area contributed by atoms with Crippen LogP contribution < -0.4 is 5.73 Å². The lowest BCUT2D eigenvalue weighted by Gasteiger charge is -2.34. The Bertz CT molecular complexity index is 233. The number of carbonyl (C=O) groups excluding carboxylic acids is 1. The minimum Gasteiger partial charge on any atom is -0.395 e. The van der Waals surface area contributed by atoms with E-state index in [2.05, 4.69) is 6.92 Å². The first-order chi connectivity index (χ1) is 7.60. The lowest BCUT2D eigenvalue weighted by atomic mass is 9.79. The van der Waals surface area contributed by atoms with Gasteiger partial charge in [0.25, 0.3) is 0 Å². The summed E-state index contributed by atoms with van der Waals surface area (Å²) in [6.45, 7) is 5.24. The van der Waals surface area contributed by atoms with Crippen LogP contribution in [0.4, 0.5) is 0 Å². The normalized spacial score (nSPS) is 30.1. The highest BCUT2D eigenvalue weighted by Gasteiger charge is 2.31. The molecule has 1 aliphatic carbocycles. The largest absolute Gasteiger partial charge is 0.395 e. The summed E-state index contributed by atoms with van der Waals surface area (Å²) in [4.78, 5) is 13.9. The molecule has 16 heavy (non-hydrogen) atoms. The van der Waals surface area contributed by atoms with Crippen molar-refractivity contribution in [3.63, 3.8) is 0 Å². The summed E-state index contributed by atoms with van der Waals surface area (Å²) in [6, 6.07) is 0.149. The molecule has 0 heterocycles. The Balaban J connectivity index is 2.53. The topological polar surface area (TPSA) is 66.6 Å². The maximum absolute atomic E-state index is 12.1. The van der Waals surface area contributed by atoms with Gasteiger partial charge in [-0.1, -0.05) is 6.92 Å². The number of hydrogen-bond acceptors (Lipinski definition) is 3. The Kier molecular flexibility index (Phi) is 5.22. The van der Waals surface area contributed by atoms with E-state index in [1.165, 1.54) is 0 Å². The van der Waals surface area contributed by atoms with E-state index in [4.69, 9.17) is 10.8 Å². The molecule has 3 N–H and O–H groups in total. The van der Waals surface area contributed by atoms with E-state index in [1.807, 2.05) is 6.92 Å². The second-order valence-corrected chi connectivity index (χ2v) is 4.79. The maximum Gasteiger partial charge on any atom is 0.225 e. The van der Waals surface area contributed by atoms with Crippen molar-refractivity contribution < 1.29 is 9.90 Å². The van der Waals surface area contributed by atoms with Crippen molar-refractivity contribution in [2.75, 3.05) is 19.7 Å². The fourth-order valence-electron chi connectivity index (χ4n) is 2.38. The summed E-state index contributed by atoms with van der Waals surface area (Å²) in [5.41, 5.74) is 6.00. The zero-order chi connectivity index (χ0) is 12.1. The average molecular weight is 228 g/mol. The molecule has 0 saturated heterocycles. The molecule has 0 aromatic heterocycles. The molecule has 0 bridgehead atoms. The summed E-state index contributed by atoms with van der Waals surface area (Å²) in [5.74, 6) is 0.758. The van der Waals surface area contributed by atoms with Gasteiger partial charge >= 0.3 is 0 Å². The number of carbonyl (C=O) groups is 1. The highest BCUT2D eigenvalue weighted by atomic mass is 16.3. The number of likely N-dealkylation sites (N-methyl/N-ethyl adjacent to an activating group) is 1. The quantitative estimate of drug-likeness (QED) is 0.740. The van der Waals surface area contributed by atoms with Crippen molar-refractivity contribution in [1.29, 1.82) is 0 Å². The van der Waals surface area contributed by atoms with Crippen LogP contribution in [0.15, 0.2) is 0 Å². The van der Waals surface area contributed by atoms with Gasteiger partial charge in [0.05, 0.1) is 6.61 Å². The first-order valence-electron chi connectivity index (χ1n) is 6.25. The lowest BCUT2D eigenvalue weighted by Crippen LogP contribution is -2.44. The van der Waals surface area contributed by atoms with Gasteiger partial charge in [-0.05, 0) is 32.1 Å². The van der Waals surface area contributed by atoms with Gasteiger partial charge in [-0.2, -0.15) is 0 Å². The van der Waals surface area contributed by atoms with Crippen molar-refractivity contribution >= 4 is 5.91 Å². The van der Waals surface area contributed by atoms with E-state index in [9.17, 15) is 4.79 Å². The molecule has 1 aliphatic rings. The van der Waals surface area contributed by atoms with Gasteiger partial charge in [0.2, 0.25) is 5.91 Å². The van der Waals surface area contributed by atoms with Crippen molar-refractivity contribution in [2.24, 2.45) is 17.6 Å². The van der Waals surface area contributed by atoms with Crippen molar-refractivity contribution in [1.82, 2.24) is 4.90 Å². The number of nitrogens with zero attached hydrogens (tertiary/aromatic N) is 1. The molecule has 1 rings (SSSR count). The van der Waals surface area contributed by atoms with Gasteiger partial charge in [-0.3, -0.25) is 4.79 Å². The summed E-state index contributed by atoms with van der Waals surface area (Å²) in [5, 5.41) is 8.89. The second-order valence-electron chi connectivity index (χ2n) is 4.79. The molecule has 4 nitrogen and oxygen atoms in total. The Hall–Kier alpha value is -0.610. The van der Waals surface area contributed by atoms with Crippen LogP contribution in [0.5, 0.6) is 0 Å². The number of nitrogens with two attached hydrogens (primary N) is 1. The van der Waals surface area contributed by atoms with Gasteiger partial charge in [0.1, 0.15) is 0 Å². The smallest absolute Gasteiger partial charge is 0.225 e. The molecule has 94 valence electrons. The molecule has 0 aromatic rings. The number of rotatable bonds is 4. The SMILES string of the molecule is CCN(CCO)C(=O)C1CCC(C)C(N)C1. The summed E-state index contributed by atoms with van der Waals surface area (Å²) >= 11 is 0. The molecular weight excluding hydrogens is 204 g/mol. The Morgan fingerprint density at radius 2 is 2.19 bits per heavy atom. The van der Waals surface area contributed by atoms with Crippen LogP contribution in [0.2, 0.25) is 0 Å². The maximum atomic E-state index is 12.1. The van der Waals surface area contributed by atoms with Crippen LogP contribution >= 0.6 is 0 Å². The van der Waals surface area contributed by atoms with Crippen LogP contribution in [0.1, 0.15) is 33.1 Å². The molecular formula is C12H24N2O2. The molecule has 4 heteroatoms. The van der Waals surface area contributed by atoms with Crippen LogP contribution in [-0.4, -0.2) is 41.7 Å². The predicted octanol–water partition coefficient (Wildman–Crippen LogP) is 0.591. The van der Waals surface area contributed by atoms with E-state index in [1.54, 1.807) is 4.90 Å². The molecule has 0 aliphatic heterocycles. The Morgan fingerprint density at radius 1 is 1.50 bits per heavy atom. The molecule has 3 atom stereocenters. The van der Waals surface area contributed by atoms with E-state index >= 15 is 0 Å². The summed E-state index contributed by atoms with van der Waals surface area (Å²) < 4.78 is 0. The summed E-state index contributed by atoms with van der Waals surface area (Å²) in [6.07, 6.45) is 2.77. The minimum atomic E-state index is 0.0365. The third-order valence-corrected chi connectivity index (χ3v) is 3.67. The van der Waals surface area contributed by atoms with E-state index in [0.29, 0.717) is 19.0 Å². The second kappa shape index (κ2) is 6.21. The fourth-order valence-corrected chi connectivity index (χ4v) is 2.38. The zero-order valence-corrected chi connectivity index (χ0v) is 10.4. The number of aliphatic hydroxyl groups is 1. The van der Waals surface area contributed by atoms with Crippen LogP contribution in [0, 0.1) is 11.8 Å². The van der Waals surface area contributed by atoms with Crippen molar-refractivity contribution in [3.05, 3.63) is 0 Å². The van der Waals surface area contributed by atoms with Gasteiger partial charge < -0.3 is 15.7 Å². The molecule has 3 unspecified atom stereocenters. The van der Waals surface area contributed by atoms with Crippen LogP contribution in [-0.2, 0) is 4.79 Å². The third kappa shape index (κ3) is 3.19. The molecule has 0 aromatic carbocycles. The molecule has 1 saturated carbocycles. The van der Waals surface area contributed by atoms with Gasteiger partial charge in [0, 0.05) is 25.0 Å². The molecule has 0 spiro atoms. The van der Waals surface area contributed by atoms with Crippen LogP contribution in [0.25, 0.3) is 0 Å². The Labute approximate surface area is 97.8 Å². The van der Waals surface area contributed by atoms with Crippen molar-refractivity contribution in [2.45, 2.75) is 39.2 Å². The molecule has 1 fully saturated rings. The zero-order valence-electron chi connectivity index (χ0n) is 10.4. The molecule has 1 amide bonds. The fraction of sp³-hybridized carbons (Fsp3) is 0.917. The summed E-state index contributed by atoms with van der Waals surface area (Å²) in [7, 11) is 0. The lowest BCUT2D eigenvalue weighted by molar-refractivity contribution is -0.137. The van der Waals surface area contributed by atoms with Gasteiger partial charge in [-0.15, -0.1) is 0 Å². The average Bonchev–Trinajstić information content (AvgIpc) is 2.28. The monoisotopic (exact) mass is 228 g/mol. The Morgan fingerprint density at radius 3 is 2.69 bits per heavy atom.